The van der Waals surface area contributed by atoms with Gasteiger partial charge in [-0.1, -0.05) is 25.5 Å². The van der Waals surface area contributed by atoms with E-state index < -0.39 is 0 Å². The lowest BCUT2D eigenvalue weighted by Crippen LogP contribution is -2.41. The third-order valence-electron chi connectivity index (χ3n) is 2.98. The van der Waals surface area contributed by atoms with Gasteiger partial charge < -0.3 is 21.1 Å². The number of guanidine groups is 1. The summed E-state index contributed by atoms with van der Waals surface area (Å²) in [6, 6.07) is 6.49. The molecule has 0 atom stereocenters. The maximum Gasteiger partial charge on any atom is 0.255 e. The number of nitrogens with one attached hydrogen (secondary N) is 3. The molecular formula is C16H27IN4O2. The van der Waals surface area contributed by atoms with E-state index in [-0.39, 0.29) is 41.2 Å². The van der Waals surface area contributed by atoms with E-state index in [4.69, 9.17) is 0 Å². The van der Waals surface area contributed by atoms with Crippen molar-refractivity contribution in [3.63, 3.8) is 0 Å². The largest absolute Gasteiger partial charge is 0.507 e. The number of hydrogen-bond donors (Lipinski definition) is 4. The van der Waals surface area contributed by atoms with E-state index in [1.54, 1.807) is 18.2 Å². The van der Waals surface area contributed by atoms with Crippen LogP contribution in [0.5, 0.6) is 5.75 Å². The van der Waals surface area contributed by atoms with Gasteiger partial charge in [0.05, 0.1) is 5.56 Å². The van der Waals surface area contributed by atoms with Crippen LogP contribution in [-0.4, -0.2) is 43.2 Å². The fourth-order valence-corrected chi connectivity index (χ4v) is 1.81. The molecule has 0 aliphatic rings. The first-order chi connectivity index (χ1) is 10.7. The number of phenolic OH excluding ortho intramolecular Hbond substituents is 1. The van der Waals surface area contributed by atoms with Crippen molar-refractivity contribution in [3.8, 4) is 5.75 Å². The van der Waals surface area contributed by atoms with Crippen molar-refractivity contribution in [1.29, 1.82) is 0 Å². The van der Waals surface area contributed by atoms with Gasteiger partial charge >= 0.3 is 0 Å². The molecule has 6 nitrogen and oxygen atoms in total. The first-order valence-electron chi connectivity index (χ1n) is 7.77. The van der Waals surface area contributed by atoms with Crippen LogP contribution in [0.1, 0.15) is 37.0 Å². The fourth-order valence-electron chi connectivity index (χ4n) is 1.81. The molecule has 1 rings (SSSR count). The average molecular weight is 434 g/mol. The highest BCUT2D eigenvalue weighted by Crippen LogP contribution is 2.14. The summed E-state index contributed by atoms with van der Waals surface area (Å²) in [6.07, 6.45) is 2.17. The summed E-state index contributed by atoms with van der Waals surface area (Å²) in [5.74, 6) is 0.461. The van der Waals surface area contributed by atoms with E-state index in [1.165, 1.54) is 6.07 Å². The number of amides is 1. The van der Waals surface area contributed by atoms with E-state index >= 15 is 0 Å². The van der Waals surface area contributed by atoms with E-state index in [1.807, 2.05) is 6.92 Å². The second-order valence-corrected chi connectivity index (χ2v) is 4.81. The summed E-state index contributed by atoms with van der Waals surface area (Å²) in [4.78, 5) is 16.3. The van der Waals surface area contributed by atoms with Crippen LogP contribution < -0.4 is 16.0 Å². The predicted molar refractivity (Wildman–Crippen MR) is 105 cm³/mol. The van der Waals surface area contributed by atoms with Crippen LogP contribution in [-0.2, 0) is 0 Å². The van der Waals surface area contributed by atoms with E-state index in [0.717, 1.165) is 31.9 Å². The van der Waals surface area contributed by atoms with E-state index in [2.05, 4.69) is 27.9 Å². The number of carbonyl (C=O) groups is 1. The number of carbonyl (C=O) groups excluding carboxylic acids is 1. The zero-order chi connectivity index (χ0) is 16.2. The van der Waals surface area contributed by atoms with Gasteiger partial charge in [-0.25, -0.2) is 0 Å². The predicted octanol–water partition coefficient (Wildman–Crippen LogP) is 2.10. The SMILES string of the molecule is CCCCN=C(NCC)NCCNC(=O)c1ccccc1O.I. The Morgan fingerprint density at radius 1 is 1.13 bits per heavy atom. The molecule has 7 heteroatoms. The number of benzene rings is 1. The Bertz CT molecular complexity index is 495. The molecule has 0 spiro atoms. The van der Waals surface area contributed by atoms with Crippen LogP contribution in [0.4, 0.5) is 0 Å². The third kappa shape index (κ3) is 8.63. The number of halogens is 1. The van der Waals surface area contributed by atoms with Crippen molar-refractivity contribution in [1.82, 2.24) is 16.0 Å². The van der Waals surface area contributed by atoms with Crippen LogP contribution in [0.3, 0.4) is 0 Å². The number of unbranched alkanes of at least 4 members (excludes halogenated alkanes) is 1. The van der Waals surface area contributed by atoms with Crippen LogP contribution in [0.25, 0.3) is 0 Å². The molecule has 130 valence electrons. The van der Waals surface area contributed by atoms with Crippen molar-refractivity contribution in [2.75, 3.05) is 26.2 Å². The first kappa shape index (κ1) is 21.5. The zero-order valence-corrected chi connectivity index (χ0v) is 16.1. The summed E-state index contributed by atoms with van der Waals surface area (Å²) in [7, 11) is 0. The molecule has 4 N–H and O–H groups in total. The van der Waals surface area contributed by atoms with Crippen molar-refractivity contribution < 1.29 is 9.90 Å². The lowest BCUT2D eigenvalue weighted by atomic mass is 10.2. The molecule has 0 radical (unpaired) electrons. The third-order valence-corrected chi connectivity index (χ3v) is 2.98. The molecule has 0 fully saturated rings. The Balaban J connectivity index is 0.00000484. The van der Waals surface area contributed by atoms with Gasteiger partial charge in [-0.3, -0.25) is 9.79 Å². The summed E-state index contributed by atoms with van der Waals surface area (Å²) in [6.45, 7) is 6.74. The minimum atomic E-state index is -0.284. The Morgan fingerprint density at radius 3 is 2.48 bits per heavy atom. The Morgan fingerprint density at radius 2 is 1.83 bits per heavy atom. The number of nitrogens with zero attached hydrogens (tertiary/aromatic N) is 1. The number of aliphatic imine (C=N–C) groups is 1. The lowest BCUT2D eigenvalue weighted by molar-refractivity contribution is 0.0951. The molecule has 1 aromatic rings. The Hall–Kier alpha value is -1.51. The molecule has 0 aromatic heterocycles. The number of phenols is 1. The number of para-hydroxylation sites is 1. The molecule has 1 amide bonds. The molecular weight excluding hydrogens is 407 g/mol. The second-order valence-electron chi connectivity index (χ2n) is 4.81. The van der Waals surface area contributed by atoms with Crippen LogP contribution in [0.2, 0.25) is 0 Å². The lowest BCUT2D eigenvalue weighted by Gasteiger charge is -2.12. The quantitative estimate of drug-likeness (QED) is 0.219. The minimum absolute atomic E-state index is 0. The van der Waals surface area contributed by atoms with Gasteiger partial charge in [-0.05, 0) is 25.5 Å². The first-order valence-corrected chi connectivity index (χ1v) is 7.77. The Labute approximate surface area is 155 Å². The standard InChI is InChI=1S/C16H26N4O2.HI/c1-3-5-10-19-16(17-4-2)20-12-11-18-15(22)13-8-6-7-9-14(13)21;/h6-9,21H,3-5,10-12H2,1-2H3,(H,18,22)(H2,17,19,20);1H. The average Bonchev–Trinajstić information content (AvgIpc) is 2.52. The van der Waals surface area contributed by atoms with Crippen LogP contribution >= 0.6 is 24.0 Å². The van der Waals surface area contributed by atoms with Gasteiger partial charge in [0.1, 0.15) is 5.75 Å². The normalized spacial score (nSPS) is 10.6. The monoisotopic (exact) mass is 434 g/mol. The summed E-state index contributed by atoms with van der Waals surface area (Å²) < 4.78 is 0. The summed E-state index contributed by atoms with van der Waals surface area (Å²) in [5.41, 5.74) is 0.283. The van der Waals surface area contributed by atoms with Gasteiger partial charge in [-0.2, -0.15) is 0 Å². The van der Waals surface area contributed by atoms with Crippen molar-refractivity contribution in [2.24, 2.45) is 4.99 Å². The molecule has 1 aromatic carbocycles. The summed E-state index contributed by atoms with van der Waals surface area (Å²) >= 11 is 0. The molecule has 0 saturated carbocycles. The molecule has 23 heavy (non-hydrogen) atoms. The van der Waals surface area contributed by atoms with Crippen LogP contribution in [0.15, 0.2) is 29.3 Å². The highest BCUT2D eigenvalue weighted by atomic mass is 127. The van der Waals surface area contributed by atoms with Gasteiger partial charge in [0.15, 0.2) is 5.96 Å². The maximum atomic E-state index is 11.9. The molecule has 0 aliphatic heterocycles. The fraction of sp³-hybridized carbons (Fsp3) is 0.500. The van der Waals surface area contributed by atoms with Gasteiger partial charge in [-0.15, -0.1) is 24.0 Å². The smallest absolute Gasteiger partial charge is 0.255 e. The number of aromatic hydroxyl groups is 1. The van der Waals surface area contributed by atoms with Crippen molar-refractivity contribution in [3.05, 3.63) is 29.8 Å². The van der Waals surface area contributed by atoms with Crippen molar-refractivity contribution in [2.45, 2.75) is 26.7 Å². The highest BCUT2D eigenvalue weighted by molar-refractivity contribution is 14.0. The van der Waals surface area contributed by atoms with E-state index in [9.17, 15) is 9.90 Å². The maximum absolute atomic E-state index is 11.9. The summed E-state index contributed by atoms with van der Waals surface area (Å²) in [5, 5.41) is 18.7. The zero-order valence-electron chi connectivity index (χ0n) is 13.8. The number of hydrogen-bond acceptors (Lipinski definition) is 3. The highest BCUT2D eigenvalue weighted by Gasteiger charge is 2.08. The van der Waals surface area contributed by atoms with Crippen LogP contribution in [0, 0.1) is 0 Å². The molecule has 0 unspecified atom stereocenters. The topological polar surface area (TPSA) is 85.8 Å². The van der Waals surface area contributed by atoms with E-state index in [0.29, 0.717) is 13.1 Å². The number of rotatable bonds is 8. The van der Waals surface area contributed by atoms with Gasteiger partial charge in [0.25, 0.3) is 5.91 Å². The Kier molecular flexibility index (Phi) is 12.1. The minimum Gasteiger partial charge on any atom is -0.507 e. The van der Waals surface area contributed by atoms with Crippen molar-refractivity contribution >= 4 is 35.8 Å². The van der Waals surface area contributed by atoms with Gasteiger partial charge in [0.2, 0.25) is 0 Å². The molecule has 0 heterocycles. The molecule has 0 saturated heterocycles. The molecule has 0 bridgehead atoms. The second kappa shape index (κ2) is 13.0. The molecule has 0 aliphatic carbocycles. The van der Waals surface area contributed by atoms with Gasteiger partial charge in [0, 0.05) is 26.2 Å².